The van der Waals surface area contributed by atoms with E-state index in [1.807, 2.05) is 0 Å². The van der Waals surface area contributed by atoms with E-state index in [9.17, 15) is 9.18 Å². The van der Waals surface area contributed by atoms with Crippen LogP contribution in [0.1, 0.15) is 10.4 Å². The van der Waals surface area contributed by atoms with Gasteiger partial charge in [-0.1, -0.05) is 23.7 Å². The van der Waals surface area contributed by atoms with Crippen LogP contribution in [0.15, 0.2) is 54.9 Å². The number of carbonyl (C=O) groups excluding carboxylic acids is 1. The van der Waals surface area contributed by atoms with Crippen LogP contribution in [0.2, 0.25) is 5.02 Å². The number of carbonyl (C=O) groups is 1. The second-order valence-electron chi connectivity index (χ2n) is 4.64. The zero-order valence-corrected chi connectivity index (χ0v) is 12.1. The van der Waals surface area contributed by atoms with Crippen molar-refractivity contribution in [3.63, 3.8) is 0 Å². The second-order valence-corrected chi connectivity index (χ2v) is 5.07. The summed E-state index contributed by atoms with van der Waals surface area (Å²) in [7, 11) is 0. The first-order valence-electron chi connectivity index (χ1n) is 6.49. The number of amides is 1. The van der Waals surface area contributed by atoms with Crippen LogP contribution in [-0.2, 0) is 0 Å². The maximum Gasteiger partial charge on any atom is 0.258 e. The third-order valence-electron chi connectivity index (χ3n) is 3.15. The summed E-state index contributed by atoms with van der Waals surface area (Å²) in [5.41, 5.74) is 2.24. The van der Waals surface area contributed by atoms with Gasteiger partial charge in [-0.05, 0) is 35.9 Å². The molecule has 0 aliphatic rings. The molecule has 3 rings (SSSR count). The number of benzene rings is 2. The first-order chi connectivity index (χ1) is 10.6. The molecule has 0 unspecified atom stereocenters. The van der Waals surface area contributed by atoms with E-state index in [2.05, 4.69) is 15.5 Å². The average Bonchev–Trinajstić information content (AvgIpc) is 3.04. The zero-order chi connectivity index (χ0) is 15.5. The van der Waals surface area contributed by atoms with E-state index in [-0.39, 0.29) is 11.7 Å². The number of hydrogen-bond donors (Lipinski definition) is 2. The van der Waals surface area contributed by atoms with Crippen LogP contribution in [0, 0.1) is 5.82 Å². The number of anilines is 1. The van der Waals surface area contributed by atoms with Crippen LogP contribution >= 0.6 is 11.6 Å². The van der Waals surface area contributed by atoms with Crippen molar-refractivity contribution in [2.75, 3.05) is 5.32 Å². The molecule has 3 aromatic rings. The van der Waals surface area contributed by atoms with E-state index in [1.54, 1.807) is 24.3 Å². The molecule has 0 saturated carbocycles. The number of aromatic amines is 1. The van der Waals surface area contributed by atoms with E-state index in [0.717, 1.165) is 5.56 Å². The highest BCUT2D eigenvalue weighted by molar-refractivity contribution is 6.30. The van der Waals surface area contributed by atoms with Gasteiger partial charge < -0.3 is 5.32 Å². The maximum absolute atomic E-state index is 13.6. The van der Waals surface area contributed by atoms with Crippen LogP contribution in [0.3, 0.4) is 0 Å². The molecule has 2 aromatic carbocycles. The van der Waals surface area contributed by atoms with Crippen LogP contribution < -0.4 is 5.32 Å². The number of nitrogens with one attached hydrogen (secondary N) is 2. The standard InChI is InChI=1S/C16H11ClFN3O/c17-12-3-1-10(2-4-12)14-7-13(18)5-6-15(14)21-16(22)11-8-19-20-9-11/h1-9H,(H,19,20)(H,21,22). The Morgan fingerprint density at radius 3 is 2.64 bits per heavy atom. The fraction of sp³-hybridized carbons (Fsp3) is 0. The summed E-state index contributed by atoms with van der Waals surface area (Å²) >= 11 is 5.87. The molecule has 1 heterocycles. The van der Waals surface area contributed by atoms with Crippen molar-refractivity contribution in [3.8, 4) is 11.1 Å². The Labute approximate surface area is 130 Å². The van der Waals surface area contributed by atoms with Crippen LogP contribution in [0.4, 0.5) is 10.1 Å². The highest BCUT2D eigenvalue weighted by Crippen LogP contribution is 2.30. The predicted octanol–water partition coefficient (Wildman–Crippen LogP) is 4.12. The molecule has 110 valence electrons. The van der Waals surface area contributed by atoms with Gasteiger partial charge in [0.1, 0.15) is 5.82 Å². The molecule has 0 atom stereocenters. The smallest absolute Gasteiger partial charge is 0.258 e. The fourth-order valence-electron chi connectivity index (χ4n) is 2.06. The summed E-state index contributed by atoms with van der Waals surface area (Å²) < 4.78 is 13.6. The van der Waals surface area contributed by atoms with Crippen molar-refractivity contribution in [2.24, 2.45) is 0 Å². The molecule has 0 radical (unpaired) electrons. The number of nitrogens with zero attached hydrogens (tertiary/aromatic N) is 1. The van der Waals surface area contributed by atoms with Gasteiger partial charge in [0, 0.05) is 22.5 Å². The summed E-state index contributed by atoms with van der Waals surface area (Å²) in [6, 6.07) is 11.2. The van der Waals surface area contributed by atoms with Crippen molar-refractivity contribution in [3.05, 3.63) is 71.3 Å². The van der Waals surface area contributed by atoms with Crippen LogP contribution in [-0.4, -0.2) is 16.1 Å². The number of rotatable bonds is 3. The van der Waals surface area contributed by atoms with E-state index in [4.69, 9.17) is 11.6 Å². The van der Waals surface area contributed by atoms with Gasteiger partial charge in [-0.3, -0.25) is 9.89 Å². The van der Waals surface area contributed by atoms with Crippen molar-refractivity contribution in [2.45, 2.75) is 0 Å². The van der Waals surface area contributed by atoms with Gasteiger partial charge in [0.05, 0.1) is 11.8 Å². The quantitative estimate of drug-likeness (QED) is 0.763. The van der Waals surface area contributed by atoms with Crippen LogP contribution in [0.25, 0.3) is 11.1 Å². The molecule has 0 aliphatic heterocycles. The Kier molecular flexibility index (Phi) is 3.89. The van der Waals surface area contributed by atoms with E-state index in [1.165, 1.54) is 30.6 Å². The Hall–Kier alpha value is -2.66. The monoisotopic (exact) mass is 315 g/mol. The van der Waals surface area contributed by atoms with E-state index in [0.29, 0.717) is 21.8 Å². The fourth-order valence-corrected chi connectivity index (χ4v) is 2.19. The summed E-state index contributed by atoms with van der Waals surface area (Å²) in [5, 5.41) is 9.64. The largest absolute Gasteiger partial charge is 0.321 e. The highest BCUT2D eigenvalue weighted by Gasteiger charge is 2.12. The molecule has 0 spiro atoms. The van der Waals surface area contributed by atoms with Crippen molar-refractivity contribution in [1.29, 1.82) is 0 Å². The Balaban J connectivity index is 1.97. The first kappa shape index (κ1) is 14.3. The minimum absolute atomic E-state index is 0.324. The molecule has 0 bridgehead atoms. The van der Waals surface area contributed by atoms with Crippen molar-refractivity contribution < 1.29 is 9.18 Å². The normalized spacial score (nSPS) is 10.5. The molecule has 6 heteroatoms. The van der Waals surface area contributed by atoms with Gasteiger partial charge in [0.15, 0.2) is 0 Å². The molecule has 0 aliphatic carbocycles. The number of aromatic nitrogens is 2. The Bertz CT molecular complexity index is 801. The lowest BCUT2D eigenvalue weighted by molar-refractivity contribution is 0.102. The molecule has 0 saturated heterocycles. The summed E-state index contributed by atoms with van der Waals surface area (Å²) in [5.74, 6) is -0.707. The van der Waals surface area contributed by atoms with Crippen molar-refractivity contribution >= 4 is 23.2 Å². The summed E-state index contributed by atoms with van der Waals surface area (Å²) in [4.78, 5) is 12.1. The molecule has 4 nitrogen and oxygen atoms in total. The molecule has 22 heavy (non-hydrogen) atoms. The predicted molar refractivity (Wildman–Crippen MR) is 83.4 cm³/mol. The van der Waals surface area contributed by atoms with Gasteiger partial charge in [0.2, 0.25) is 0 Å². The van der Waals surface area contributed by atoms with Gasteiger partial charge in [0.25, 0.3) is 5.91 Å². The SMILES string of the molecule is O=C(Nc1ccc(F)cc1-c1ccc(Cl)cc1)c1cn[nH]c1. The lowest BCUT2D eigenvalue weighted by Crippen LogP contribution is -2.11. The zero-order valence-electron chi connectivity index (χ0n) is 11.3. The topological polar surface area (TPSA) is 57.8 Å². The van der Waals surface area contributed by atoms with Gasteiger partial charge in [-0.25, -0.2) is 4.39 Å². The van der Waals surface area contributed by atoms with Gasteiger partial charge in [-0.15, -0.1) is 0 Å². The average molecular weight is 316 g/mol. The minimum atomic E-state index is -0.383. The van der Waals surface area contributed by atoms with E-state index < -0.39 is 0 Å². The molecule has 0 fully saturated rings. The molecular formula is C16H11ClFN3O. The molecule has 2 N–H and O–H groups in total. The second kappa shape index (κ2) is 5.99. The van der Waals surface area contributed by atoms with Gasteiger partial charge >= 0.3 is 0 Å². The first-order valence-corrected chi connectivity index (χ1v) is 6.87. The third-order valence-corrected chi connectivity index (χ3v) is 3.40. The molecule has 1 aromatic heterocycles. The van der Waals surface area contributed by atoms with Gasteiger partial charge in [-0.2, -0.15) is 5.10 Å². The lowest BCUT2D eigenvalue weighted by atomic mass is 10.0. The lowest BCUT2D eigenvalue weighted by Gasteiger charge is -2.11. The summed E-state index contributed by atoms with van der Waals surface area (Å²) in [6.07, 6.45) is 2.90. The third kappa shape index (κ3) is 2.99. The number of halogens is 2. The number of hydrogen-bond acceptors (Lipinski definition) is 2. The Morgan fingerprint density at radius 1 is 1.18 bits per heavy atom. The minimum Gasteiger partial charge on any atom is -0.321 e. The highest BCUT2D eigenvalue weighted by atomic mass is 35.5. The van der Waals surface area contributed by atoms with E-state index >= 15 is 0 Å². The summed E-state index contributed by atoms with van der Waals surface area (Å²) in [6.45, 7) is 0. The molecule has 1 amide bonds. The number of H-pyrrole nitrogens is 1. The Morgan fingerprint density at radius 2 is 1.95 bits per heavy atom. The van der Waals surface area contributed by atoms with Crippen molar-refractivity contribution in [1.82, 2.24) is 10.2 Å². The maximum atomic E-state index is 13.6. The van der Waals surface area contributed by atoms with Crippen LogP contribution in [0.5, 0.6) is 0 Å². The molecular weight excluding hydrogens is 305 g/mol.